The summed E-state index contributed by atoms with van der Waals surface area (Å²) in [6.45, 7) is 2.90. The molecule has 0 aromatic heterocycles. The van der Waals surface area contributed by atoms with Gasteiger partial charge in [-0.1, -0.05) is 52.9 Å². The Labute approximate surface area is 91.9 Å². The highest BCUT2D eigenvalue weighted by molar-refractivity contribution is 14.1. The SMILES string of the molecule is CC1(I)C=Cc2ccccc2OC1. The van der Waals surface area contributed by atoms with Crippen LogP contribution in [-0.2, 0) is 0 Å². The van der Waals surface area contributed by atoms with Crippen LogP contribution in [0.2, 0.25) is 0 Å². The first-order valence-corrected chi connectivity index (χ1v) is 5.35. The van der Waals surface area contributed by atoms with Gasteiger partial charge in [0.1, 0.15) is 12.4 Å². The molecule has 68 valence electrons. The van der Waals surface area contributed by atoms with E-state index in [0.717, 1.165) is 12.4 Å². The predicted octanol–water partition coefficient (Wildman–Crippen LogP) is 3.29. The van der Waals surface area contributed by atoms with Crippen LogP contribution in [-0.4, -0.2) is 10.0 Å². The van der Waals surface area contributed by atoms with Crippen molar-refractivity contribution < 1.29 is 4.74 Å². The topological polar surface area (TPSA) is 9.23 Å². The van der Waals surface area contributed by atoms with E-state index in [9.17, 15) is 0 Å². The van der Waals surface area contributed by atoms with Gasteiger partial charge in [0.25, 0.3) is 0 Å². The maximum absolute atomic E-state index is 5.69. The Morgan fingerprint density at radius 3 is 3.00 bits per heavy atom. The number of rotatable bonds is 0. The summed E-state index contributed by atoms with van der Waals surface area (Å²) in [5.41, 5.74) is 1.17. The maximum Gasteiger partial charge on any atom is 0.126 e. The summed E-state index contributed by atoms with van der Waals surface area (Å²) < 4.78 is 5.80. The summed E-state index contributed by atoms with van der Waals surface area (Å²) in [5, 5.41) is 0. The molecule has 0 saturated heterocycles. The number of para-hydroxylation sites is 1. The van der Waals surface area contributed by atoms with Crippen molar-refractivity contribution >= 4 is 28.7 Å². The van der Waals surface area contributed by atoms with Crippen LogP contribution in [0.1, 0.15) is 12.5 Å². The van der Waals surface area contributed by atoms with Crippen LogP contribution < -0.4 is 4.74 Å². The quantitative estimate of drug-likeness (QED) is 0.525. The normalized spacial score (nSPS) is 26.0. The third kappa shape index (κ3) is 2.05. The lowest BCUT2D eigenvalue weighted by Gasteiger charge is -2.16. The number of halogens is 1. The fraction of sp³-hybridized carbons (Fsp3) is 0.273. The molecule has 1 unspecified atom stereocenters. The van der Waals surface area contributed by atoms with E-state index in [0.29, 0.717) is 0 Å². The standard InChI is InChI=1S/C11H11IO/c1-11(12)7-6-9-4-2-3-5-10(9)13-8-11/h2-7H,8H2,1H3. The molecule has 0 radical (unpaired) electrons. The second kappa shape index (κ2) is 3.33. The van der Waals surface area contributed by atoms with Crippen LogP contribution in [0.3, 0.4) is 0 Å². The Morgan fingerprint density at radius 1 is 1.38 bits per heavy atom. The molecule has 1 aliphatic rings. The Bertz CT molecular complexity index is 342. The van der Waals surface area contributed by atoms with Gasteiger partial charge in [-0.3, -0.25) is 0 Å². The molecule has 1 aromatic carbocycles. The molecule has 13 heavy (non-hydrogen) atoms. The van der Waals surface area contributed by atoms with Gasteiger partial charge in [0.15, 0.2) is 0 Å². The highest BCUT2D eigenvalue weighted by atomic mass is 127. The number of hydrogen-bond donors (Lipinski definition) is 0. The predicted molar refractivity (Wildman–Crippen MR) is 63.4 cm³/mol. The smallest absolute Gasteiger partial charge is 0.126 e. The Morgan fingerprint density at radius 2 is 2.15 bits per heavy atom. The van der Waals surface area contributed by atoms with Gasteiger partial charge in [0, 0.05) is 5.56 Å². The van der Waals surface area contributed by atoms with Gasteiger partial charge in [0.05, 0.1) is 3.42 Å². The van der Waals surface area contributed by atoms with Gasteiger partial charge in [0.2, 0.25) is 0 Å². The third-order valence-corrected chi connectivity index (χ3v) is 2.71. The van der Waals surface area contributed by atoms with Crippen LogP contribution in [0.5, 0.6) is 5.75 Å². The Hall–Kier alpha value is -0.510. The average Bonchev–Trinajstić information content (AvgIpc) is 2.27. The van der Waals surface area contributed by atoms with E-state index in [2.05, 4.69) is 47.7 Å². The molecule has 1 heterocycles. The van der Waals surface area contributed by atoms with Crippen LogP contribution in [0.25, 0.3) is 6.08 Å². The van der Waals surface area contributed by atoms with Crippen molar-refractivity contribution in [2.24, 2.45) is 0 Å². The average molecular weight is 286 g/mol. The second-order valence-corrected chi connectivity index (χ2v) is 5.90. The monoisotopic (exact) mass is 286 g/mol. The molecule has 0 saturated carbocycles. The lowest BCUT2D eigenvalue weighted by atomic mass is 10.1. The molecule has 2 heteroatoms. The largest absolute Gasteiger partial charge is 0.491 e. The lowest BCUT2D eigenvalue weighted by molar-refractivity contribution is 0.307. The van der Waals surface area contributed by atoms with Crippen molar-refractivity contribution in [2.45, 2.75) is 10.3 Å². The summed E-state index contributed by atoms with van der Waals surface area (Å²) in [5.74, 6) is 0.985. The molecule has 0 N–H and O–H groups in total. The van der Waals surface area contributed by atoms with E-state index in [1.807, 2.05) is 18.2 Å². The van der Waals surface area contributed by atoms with Crippen molar-refractivity contribution in [2.75, 3.05) is 6.61 Å². The minimum atomic E-state index is 0.108. The number of alkyl halides is 1. The number of hydrogen-bond acceptors (Lipinski definition) is 1. The molecule has 0 bridgehead atoms. The molecule has 0 amide bonds. The molecule has 0 fully saturated rings. The van der Waals surface area contributed by atoms with Crippen molar-refractivity contribution in [3.63, 3.8) is 0 Å². The van der Waals surface area contributed by atoms with Crippen LogP contribution in [0, 0.1) is 0 Å². The van der Waals surface area contributed by atoms with Crippen LogP contribution >= 0.6 is 22.6 Å². The van der Waals surface area contributed by atoms with Crippen LogP contribution in [0.4, 0.5) is 0 Å². The van der Waals surface area contributed by atoms with Crippen molar-refractivity contribution in [1.29, 1.82) is 0 Å². The fourth-order valence-corrected chi connectivity index (χ4v) is 1.62. The summed E-state index contributed by atoms with van der Waals surface area (Å²) in [4.78, 5) is 0. The molecule has 0 aliphatic carbocycles. The first-order chi connectivity index (χ1) is 6.17. The van der Waals surface area contributed by atoms with Gasteiger partial charge in [-0.05, 0) is 13.0 Å². The minimum absolute atomic E-state index is 0.108. The number of benzene rings is 1. The van der Waals surface area contributed by atoms with E-state index >= 15 is 0 Å². The first kappa shape index (κ1) is 9.06. The maximum atomic E-state index is 5.69. The molecule has 2 rings (SSSR count). The van der Waals surface area contributed by atoms with Crippen molar-refractivity contribution in [3.05, 3.63) is 35.9 Å². The van der Waals surface area contributed by atoms with Gasteiger partial charge >= 0.3 is 0 Å². The molecular weight excluding hydrogens is 275 g/mol. The van der Waals surface area contributed by atoms with E-state index in [4.69, 9.17) is 4.74 Å². The molecular formula is C11H11IO. The highest BCUT2D eigenvalue weighted by Gasteiger charge is 2.20. The Balaban J connectivity index is 2.39. The molecule has 0 spiro atoms. The molecule has 1 aliphatic heterocycles. The zero-order valence-corrected chi connectivity index (χ0v) is 9.61. The third-order valence-electron chi connectivity index (χ3n) is 2.04. The van der Waals surface area contributed by atoms with E-state index in [1.54, 1.807) is 0 Å². The zero-order valence-electron chi connectivity index (χ0n) is 7.46. The van der Waals surface area contributed by atoms with E-state index in [1.165, 1.54) is 5.56 Å². The molecule has 1 aromatic rings. The minimum Gasteiger partial charge on any atom is -0.491 e. The second-order valence-electron chi connectivity index (χ2n) is 3.44. The van der Waals surface area contributed by atoms with E-state index < -0.39 is 0 Å². The number of fused-ring (bicyclic) bond motifs is 1. The number of ether oxygens (including phenoxy) is 1. The first-order valence-electron chi connectivity index (χ1n) is 4.27. The van der Waals surface area contributed by atoms with Crippen molar-refractivity contribution in [1.82, 2.24) is 0 Å². The summed E-state index contributed by atoms with van der Waals surface area (Å²) in [6, 6.07) is 8.12. The molecule has 1 nitrogen and oxygen atoms in total. The lowest BCUT2D eigenvalue weighted by Crippen LogP contribution is -2.20. The van der Waals surface area contributed by atoms with Gasteiger partial charge in [-0.15, -0.1) is 0 Å². The fourth-order valence-electron chi connectivity index (χ4n) is 1.28. The van der Waals surface area contributed by atoms with Crippen molar-refractivity contribution in [3.8, 4) is 5.75 Å². The van der Waals surface area contributed by atoms with Gasteiger partial charge in [-0.25, -0.2) is 0 Å². The van der Waals surface area contributed by atoms with Gasteiger partial charge < -0.3 is 4.74 Å². The molecule has 1 atom stereocenters. The summed E-state index contributed by atoms with van der Waals surface area (Å²) in [7, 11) is 0. The zero-order chi connectivity index (χ0) is 9.31. The Kier molecular flexibility index (Phi) is 2.32. The van der Waals surface area contributed by atoms with E-state index in [-0.39, 0.29) is 3.42 Å². The van der Waals surface area contributed by atoms with Crippen LogP contribution in [0.15, 0.2) is 30.3 Å². The highest BCUT2D eigenvalue weighted by Crippen LogP contribution is 2.29. The summed E-state index contributed by atoms with van der Waals surface area (Å²) in [6.07, 6.45) is 4.33. The summed E-state index contributed by atoms with van der Waals surface area (Å²) >= 11 is 2.40. The van der Waals surface area contributed by atoms with Gasteiger partial charge in [-0.2, -0.15) is 0 Å².